The fourth-order valence-corrected chi connectivity index (χ4v) is 2.35. The average molecular weight is 267 g/mol. The third kappa shape index (κ3) is 2.16. The minimum atomic E-state index is -0.414. The molecule has 4 heteroatoms. The normalized spacial score (nSPS) is 12.9. The van der Waals surface area contributed by atoms with Gasteiger partial charge < -0.3 is 10.5 Å². The van der Waals surface area contributed by atoms with E-state index in [0.29, 0.717) is 23.5 Å². The number of rotatable bonds is 2. The third-order valence-electron chi connectivity index (χ3n) is 3.31. The summed E-state index contributed by atoms with van der Waals surface area (Å²) in [4.78, 5) is 23.6. The van der Waals surface area contributed by atoms with Gasteiger partial charge in [0.15, 0.2) is 5.78 Å². The van der Waals surface area contributed by atoms with Crippen molar-refractivity contribution in [2.24, 2.45) is 5.73 Å². The van der Waals surface area contributed by atoms with Crippen LogP contribution in [0.4, 0.5) is 0 Å². The van der Waals surface area contributed by atoms with Crippen molar-refractivity contribution in [1.82, 2.24) is 0 Å². The zero-order valence-electron chi connectivity index (χ0n) is 10.8. The summed E-state index contributed by atoms with van der Waals surface area (Å²) in [5, 5.41) is 0. The maximum absolute atomic E-state index is 12.6. The van der Waals surface area contributed by atoms with Crippen molar-refractivity contribution in [3.8, 4) is 5.75 Å². The van der Waals surface area contributed by atoms with Crippen LogP contribution in [0.25, 0.3) is 0 Å². The fourth-order valence-electron chi connectivity index (χ4n) is 2.35. The average Bonchev–Trinajstić information content (AvgIpc) is 2.57. The van der Waals surface area contributed by atoms with Crippen molar-refractivity contribution in [3.05, 3.63) is 64.7 Å². The molecule has 0 unspecified atom stereocenters. The Labute approximate surface area is 116 Å². The largest absolute Gasteiger partial charge is 0.488 e. The second-order valence-electron chi connectivity index (χ2n) is 4.75. The SMILES string of the molecule is NC(=O)Cc1ccc2c(c1)C(=O)c1ccccc1OC2. The molecule has 1 aliphatic rings. The van der Waals surface area contributed by atoms with Gasteiger partial charge in [-0.05, 0) is 23.8 Å². The third-order valence-corrected chi connectivity index (χ3v) is 3.31. The van der Waals surface area contributed by atoms with Gasteiger partial charge >= 0.3 is 0 Å². The van der Waals surface area contributed by atoms with E-state index in [-0.39, 0.29) is 12.2 Å². The van der Waals surface area contributed by atoms with Gasteiger partial charge in [0.25, 0.3) is 0 Å². The molecule has 4 nitrogen and oxygen atoms in total. The van der Waals surface area contributed by atoms with Gasteiger partial charge in [0.2, 0.25) is 5.91 Å². The van der Waals surface area contributed by atoms with Crippen LogP contribution >= 0.6 is 0 Å². The molecular formula is C16H13NO3. The number of nitrogens with two attached hydrogens (primary N) is 1. The molecule has 0 fully saturated rings. The van der Waals surface area contributed by atoms with Crippen molar-refractivity contribution in [3.63, 3.8) is 0 Å². The lowest BCUT2D eigenvalue weighted by Crippen LogP contribution is -2.14. The van der Waals surface area contributed by atoms with Crippen LogP contribution in [0.3, 0.4) is 0 Å². The van der Waals surface area contributed by atoms with Gasteiger partial charge in [-0.25, -0.2) is 0 Å². The Balaban J connectivity index is 2.08. The van der Waals surface area contributed by atoms with Gasteiger partial charge in [0.1, 0.15) is 12.4 Å². The minimum absolute atomic E-state index is 0.0839. The van der Waals surface area contributed by atoms with Crippen LogP contribution in [0.1, 0.15) is 27.0 Å². The van der Waals surface area contributed by atoms with Crippen molar-refractivity contribution < 1.29 is 14.3 Å². The number of fused-ring (bicyclic) bond motifs is 2. The molecule has 1 aliphatic heterocycles. The summed E-state index contributed by atoms with van der Waals surface area (Å²) in [5.41, 5.74) is 7.87. The van der Waals surface area contributed by atoms with Crippen LogP contribution in [-0.4, -0.2) is 11.7 Å². The molecule has 1 amide bonds. The van der Waals surface area contributed by atoms with Crippen LogP contribution in [0.2, 0.25) is 0 Å². The molecule has 100 valence electrons. The first kappa shape index (κ1) is 12.4. The molecule has 0 saturated carbocycles. The lowest BCUT2D eigenvalue weighted by atomic mass is 9.96. The number of amides is 1. The molecule has 2 aromatic rings. The number of ketones is 1. The number of benzene rings is 2. The fraction of sp³-hybridized carbons (Fsp3) is 0.125. The standard InChI is InChI=1S/C16H13NO3/c17-15(18)8-10-5-6-11-9-20-14-4-2-1-3-12(14)16(19)13(11)7-10/h1-7H,8-9H2,(H2,17,18). The molecule has 0 bridgehead atoms. The second kappa shape index (κ2) is 4.81. The molecule has 20 heavy (non-hydrogen) atoms. The molecule has 3 rings (SSSR count). The highest BCUT2D eigenvalue weighted by molar-refractivity contribution is 6.12. The predicted molar refractivity (Wildman–Crippen MR) is 73.5 cm³/mol. The summed E-state index contributed by atoms with van der Waals surface area (Å²) in [5.74, 6) is 0.0900. The van der Waals surface area contributed by atoms with E-state index in [2.05, 4.69) is 0 Å². The summed E-state index contributed by atoms with van der Waals surface area (Å²) in [6.07, 6.45) is 0.128. The van der Waals surface area contributed by atoms with E-state index >= 15 is 0 Å². The molecule has 0 spiro atoms. The van der Waals surface area contributed by atoms with Crippen molar-refractivity contribution >= 4 is 11.7 Å². The smallest absolute Gasteiger partial charge is 0.221 e. The van der Waals surface area contributed by atoms with Gasteiger partial charge in [-0.1, -0.05) is 24.3 Å². The molecule has 0 radical (unpaired) electrons. The first-order valence-corrected chi connectivity index (χ1v) is 6.32. The van der Waals surface area contributed by atoms with Gasteiger partial charge in [-0.3, -0.25) is 9.59 Å². The molecule has 0 saturated heterocycles. The van der Waals surface area contributed by atoms with E-state index in [1.54, 1.807) is 30.3 Å². The summed E-state index contributed by atoms with van der Waals surface area (Å²) in [6, 6.07) is 12.5. The number of carbonyl (C=O) groups excluding carboxylic acids is 2. The molecule has 0 aromatic heterocycles. The molecule has 1 heterocycles. The molecule has 0 aliphatic carbocycles. The highest BCUT2D eigenvalue weighted by Crippen LogP contribution is 2.28. The van der Waals surface area contributed by atoms with Gasteiger partial charge in [-0.2, -0.15) is 0 Å². The lowest BCUT2D eigenvalue weighted by Gasteiger charge is -2.06. The van der Waals surface area contributed by atoms with Gasteiger partial charge in [-0.15, -0.1) is 0 Å². The van der Waals surface area contributed by atoms with Gasteiger partial charge in [0.05, 0.1) is 12.0 Å². The number of carbonyl (C=O) groups is 2. The monoisotopic (exact) mass is 267 g/mol. The number of hydrogen-bond acceptors (Lipinski definition) is 3. The first-order valence-electron chi connectivity index (χ1n) is 6.32. The maximum Gasteiger partial charge on any atom is 0.221 e. The predicted octanol–water partition coefficient (Wildman–Crippen LogP) is 1.84. The van der Waals surface area contributed by atoms with Crippen LogP contribution in [-0.2, 0) is 17.8 Å². The van der Waals surface area contributed by atoms with Crippen LogP contribution in [0, 0.1) is 0 Å². The van der Waals surface area contributed by atoms with Gasteiger partial charge in [0, 0.05) is 11.1 Å². The lowest BCUT2D eigenvalue weighted by molar-refractivity contribution is -0.117. The van der Waals surface area contributed by atoms with Crippen LogP contribution in [0.15, 0.2) is 42.5 Å². The number of primary amides is 1. The Kier molecular flexibility index (Phi) is 2.99. The van der Waals surface area contributed by atoms with Crippen LogP contribution in [0.5, 0.6) is 5.75 Å². The zero-order chi connectivity index (χ0) is 14.1. The van der Waals surface area contributed by atoms with E-state index < -0.39 is 5.91 Å². The quantitative estimate of drug-likeness (QED) is 0.902. The summed E-state index contributed by atoms with van der Waals surface area (Å²) in [6.45, 7) is 0.342. The highest BCUT2D eigenvalue weighted by atomic mass is 16.5. The molecule has 0 atom stereocenters. The Morgan fingerprint density at radius 1 is 1.15 bits per heavy atom. The highest BCUT2D eigenvalue weighted by Gasteiger charge is 2.22. The topological polar surface area (TPSA) is 69.4 Å². The summed E-state index contributed by atoms with van der Waals surface area (Å²) >= 11 is 0. The first-order chi connectivity index (χ1) is 9.65. The van der Waals surface area contributed by atoms with Crippen molar-refractivity contribution in [1.29, 1.82) is 0 Å². The second-order valence-corrected chi connectivity index (χ2v) is 4.75. The number of ether oxygens (including phenoxy) is 1. The Morgan fingerprint density at radius 2 is 1.95 bits per heavy atom. The number of para-hydroxylation sites is 1. The summed E-state index contributed by atoms with van der Waals surface area (Å²) < 4.78 is 5.65. The van der Waals surface area contributed by atoms with Crippen LogP contribution < -0.4 is 10.5 Å². The van der Waals surface area contributed by atoms with E-state index in [0.717, 1.165) is 11.1 Å². The van der Waals surface area contributed by atoms with E-state index in [1.807, 2.05) is 12.1 Å². The minimum Gasteiger partial charge on any atom is -0.488 e. The zero-order valence-corrected chi connectivity index (χ0v) is 10.8. The molecular weight excluding hydrogens is 254 g/mol. The van der Waals surface area contributed by atoms with E-state index in [1.165, 1.54) is 0 Å². The van der Waals surface area contributed by atoms with E-state index in [4.69, 9.17) is 10.5 Å². The van der Waals surface area contributed by atoms with Crippen molar-refractivity contribution in [2.45, 2.75) is 13.0 Å². The Morgan fingerprint density at radius 3 is 2.75 bits per heavy atom. The molecule has 2 aromatic carbocycles. The van der Waals surface area contributed by atoms with E-state index in [9.17, 15) is 9.59 Å². The summed E-state index contributed by atoms with van der Waals surface area (Å²) in [7, 11) is 0. The molecule has 2 N–H and O–H groups in total. The number of hydrogen-bond donors (Lipinski definition) is 1. The maximum atomic E-state index is 12.6. The Hall–Kier alpha value is -2.62. The Bertz CT molecular complexity index is 707. The van der Waals surface area contributed by atoms with Crippen molar-refractivity contribution in [2.75, 3.05) is 0 Å².